The summed E-state index contributed by atoms with van der Waals surface area (Å²) in [5, 5.41) is 3.00. The zero-order valence-corrected chi connectivity index (χ0v) is 35.7. The van der Waals surface area contributed by atoms with Crippen LogP contribution in [-0.4, -0.2) is 89.1 Å². The third kappa shape index (κ3) is 6.92. The molecule has 0 aliphatic carbocycles. The highest BCUT2D eigenvalue weighted by atomic mass is 32.2. The molecule has 61 heavy (non-hydrogen) atoms. The lowest BCUT2D eigenvalue weighted by molar-refractivity contribution is 0.0817. The highest BCUT2D eigenvalue weighted by molar-refractivity contribution is 7.87. The molecule has 0 bridgehead atoms. The quantitative estimate of drug-likeness (QED) is 0.120. The molecule has 4 aromatic carbocycles. The molecule has 16 nitrogen and oxygen atoms in total. The fraction of sp³-hybridized carbons (Fsp3) is 0.295. The first-order valence-electron chi connectivity index (χ1n) is 20.2. The van der Waals surface area contributed by atoms with Gasteiger partial charge in [-0.25, -0.2) is 9.29 Å². The van der Waals surface area contributed by atoms with Crippen LogP contribution in [0.1, 0.15) is 76.2 Å². The van der Waals surface area contributed by atoms with E-state index >= 15 is 0 Å². The summed E-state index contributed by atoms with van der Waals surface area (Å²) >= 11 is 0. The molecule has 17 heteroatoms. The van der Waals surface area contributed by atoms with Gasteiger partial charge in [-0.05, 0) is 69.2 Å². The topological polar surface area (TPSA) is 192 Å². The highest BCUT2D eigenvalue weighted by Crippen LogP contribution is 2.59. The van der Waals surface area contributed by atoms with E-state index in [1.165, 1.54) is 20.4 Å². The first-order valence-corrected chi connectivity index (χ1v) is 21.6. The lowest BCUT2D eigenvalue weighted by Crippen LogP contribution is -2.53. The summed E-state index contributed by atoms with van der Waals surface area (Å²) in [6.07, 6.45) is 1.49. The summed E-state index contributed by atoms with van der Waals surface area (Å²) < 4.78 is 43.8. The van der Waals surface area contributed by atoms with Crippen LogP contribution in [0.2, 0.25) is 0 Å². The Morgan fingerprint density at radius 3 is 2.03 bits per heavy atom. The van der Waals surface area contributed by atoms with Gasteiger partial charge in [-0.3, -0.25) is 9.59 Å². The Morgan fingerprint density at radius 1 is 0.836 bits per heavy atom. The van der Waals surface area contributed by atoms with Gasteiger partial charge >= 0.3 is 10.2 Å². The number of nitrogens with two attached hydrogens (primary N) is 1. The standard InChI is InChI=1S/C44H48N10O6S/c1-7-52(8-2)30-16-19-33-36(22-30)60-37-23-31(53(9-3)10-4)17-20-34(37)44(33)35-21-29(15-18-32(35)42(56)54(44)61(57,58)51(5)6)40(55)46-24-27-11-13-28(14-12-27)25-59-41-38-39(48-26-47-38)49-43(45)50-41/h11-23,26H,7-10,24-25H2,1-6H3,(H,46,55)(H3,45,47,48,49,50). The number of fused-ring (bicyclic) bond motifs is 7. The van der Waals surface area contributed by atoms with Crippen molar-refractivity contribution in [2.75, 3.05) is 55.8 Å². The zero-order valence-electron chi connectivity index (χ0n) is 34.9. The minimum atomic E-state index is -4.46. The molecule has 0 saturated heterocycles. The largest absolute Gasteiger partial charge is 0.471 e. The number of anilines is 3. The van der Waals surface area contributed by atoms with Crippen LogP contribution >= 0.6 is 0 Å². The number of benzene rings is 4. The Hall–Kier alpha value is -6.72. The molecule has 4 N–H and O–H groups in total. The molecule has 0 radical (unpaired) electrons. The van der Waals surface area contributed by atoms with Crippen LogP contribution in [-0.2, 0) is 28.9 Å². The lowest BCUT2D eigenvalue weighted by Gasteiger charge is -2.44. The van der Waals surface area contributed by atoms with E-state index < -0.39 is 27.6 Å². The Morgan fingerprint density at radius 2 is 1.44 bits per heavy atom. The van der Waals surface area contributed by atoms with Crippen molar-refractivity contribution >= 4 is 50.5 Å². The maximum atomic E-state index is 14.7. The summed E-state index contributed by atoms with van der Waals surface area (Å²) in [5.74, 6) is 0.0470. The average Bonchev–Trinajstić information content (AvgIpc) is 3.83. The van der Waals surface area contributed by atoms with Crippen LogP contribution in [0.15, 0.2) is 85.2 Å². The van der Waals surface area contributed by atoms with E-state index in [1.807, 2.05) is 60.7 Å². The van der Waals surface area contributed by atoms with Crippen molar-refractivity contribution in [1.82, 2.24) is 33.9 Å². The van der Waals surface area contributed by atoms with Gasteiger partial charge in [-0.1, -0.05) is 36.4 Å². The predicted octanol–water partition coefficient (Wildman–Crippen LogP) is 5.80. The molecule has 0 fully saturated rings. The molecule has 316 valence electrons. The van der Waals surface area contributed by atoms with Crippen LogP contribution < -0.4 is 30.3 Å². The van der Waals surface area contributed by atoms with Crippen molar-refractivity contribution in [2.24, 2.45) is 0 Å². The number of amides is 2. The number of carbonyl (C=O) groups is 2. The summed E-state index contributed by atoms with van der Waals surface area (Å²) in [4.78, 5) is 48.4. The van der Waals surface area contributed by atoms with Gasteiger partial charge in [0, 0.05) is 98.1 Å². The number of nitrogens with one attached hydrogen (secondary N) is 2. The third-order valence-electron chi connectivity index (χ3n) is 11.4. The Bertz CT molecular complexity index is 2700. The van der Waals surface area contributed by atoms with Crippen molar-refractivity contribution in [1.29, 1.82) is 0 Å². The monoisotopic (exact) mass is 844 g/mol. The van der Waals surface area contributed by atoms with Gasteiger partial charge in [-0.2, -0.15) is 22.7 Å². The van der Waals surface area contributed by atoms with Gasteiger partial charge in [0.05, 0.1) is 6.33 Å². The second kappa shape index (κ2) is 16.0. The second-order valence-electron chi connectivity index (χ2n) is 14.9. The maximum Gasteiger partial charge on any atom is 0.307 e. The van der Waals surface area contributed by atoms with Crippen LogP contribution in [0.4, 0.5) is 17.3 Å². The molecule has 8 rings (SSSR count). The van der Waals surface area contributed by atoms with E-state index in [9.17, 15) is 18.0 Å². The van der Waals surface area contributed by atoms with Gasteiger partial charge in [0.15, 0.2) is 5.65 Å². The smallest absolute Gasteiger partial charge is 0.307 e. The number of carbonyl (C=O) groups excluding carboxylic acids is 2. The minimum Gasteiger partial charge on any atom is -0.471 e. The number of nitrogen functional groups attached to an aromatic ring is 1. The van der Waals surface area contributed by atoms with E-state index in [4.69, 9.17) is 15.2 Å². The van der Waals surface area contributed by atoms with E-state index in [0.717, 1.165) is 57.3 Å². The highest BCUT2D eigenvalue weighted by Gasteiger charge is 2.61. The fourth-order valence-corrected chi connectivity index (χ4v) is 9.51. The van der Waals surface area contributed by atoms with Crippen LogP contribution in [0.3, 0.4) is 0 Å². The van der Waals surface area contributed by atoms with E-state index in [-0.39, 0.29) is 36.1 Å². The number of hydrogen-bond donors (Lipinski definition) is 3. The predicted molar refractivity (Wildman–Crippen MR) is 233 cm³/mol. The number of aromatic nitrogens is 4. The Kier molecular flexibility index (Phi) is 10.8. The molecule has 1 spiro atoms. The molecule has 0 saturated carbocycles. The molecule has 2 aliphatic heterocycles. The molecule has 0 atom stereocenters. The third-order valence-corrected chi connectivity index (χ3v) is 13.2. The zero-order chi connectivity index (χ0) is 43.2. The number of aromatic amines is 1. The second-order valence-corrected chi connectivity index (χ2v) is 16.9. The number of ether oxygens (including phenoxy) is 2. The van der Waals surface area contributed by atoms with E-state index in [1.54, 1.807) is 18.2 Å². The van der Waals surface area contributed by atoms with E-state index in [2.05, 4.69) is 62.7 Å². The maximum absolute atomic E-state index is 14.7. The van der Waals surface area contributed by atoms with Gasteiger partial charge < -0.3 is 35.3 Å². The first-order chi connectivity index (χ1) is 29.3. The van der Waals surface area contributed by atoms with Crippen molar-refractivity contribution in [3.05, 3.63) is 124 Å². The summed E-state index contributed by atoms with van der Waals surface area (Å²) in [6, 6.07) is 23.6. The van der Waals surface area contributed by atoms with Crippen molar-refractivity contribution in [2.45, 2.75) is 46.4 Å². The normalized spacial score (nSPS) is 13.8. The number of H-pyrrole nitrogens is 1. The van der Waals surface area contributed by atoms with Gasteiger partial charge in [0.25, 0.3) is 11.8 Å². The molecule has 2 aliphatic rings. The SMILES string of the molecule is CCN(CC)c1ccc2c(c1)Oc1cc(N(CC)CC)ccc1C21c2cc(C(=O)NCc3ccc(COc4nc(N)nc5nc[nH]c45)cc3)ccc2C(=O)N1S(=O)(=O)N(C)C. The van der Waals surface area contributed by atoms with E-state index in [0.29, 0.717) is 39.4 Å². The van der Waals surface area contributed by atoms with Gasteiger partial charge in [0.1, 0.15) is 29.2 Å². The number of hydrogen-bond acceptors (Lipinski definition) is 12. The van der Waals surface area contributed by atoms with Crippen LogP contribution in [0.5, 0.6) is 17.4 Å². The number of imidazole rings is 1. The van der Waals surface area contributed by atoms with Crippen molar-refractivity contribution in [3.8, 4) is 17.4 Å². The molecular weight excluding hydrogens is 797 g/mol. The number of nitrogens with zero attached hydrogens (tertiary/aromatic N) is 7. The Labute approximate surface area is 354 Å². The molecule has 4 heterocycles. The number of rotatable bonds is 14. The Balaban J connectivity index is 1.16. The van der Waals surface area contributed by atoms with Gasteiger partial charge in [-0.15, -0.1) is 0 Å². The summed E-state index contributed by atoms with van der Waals surface area (Å²) in [5.41, 5.74) is 10.2. The van der Waals surface area contributed by atoms with Crippen LogP contribution in [0, 0.1) is 0 Å². The molecule has 6 aromatic rings. The minimum absolute atomic E-state index is 0.0538. The lowest BCUT2D eigenvalue weighted by atomic mass is 9.75. The van der Waals surface area contributed by atoms with Crippen LogP contribution in [0.25, 0.3) is 11.2 Å². The molecular formula is C44H48N10O6S. The summed E-state index contributed by atoms with van der Waals surface area (Å²) in [6.45, 7) is 11.6. The molecule has 0 unspecified atom stereocenters. The summed E-state index contributed by atoms with van der Waals surface area (Å²) in [7, 11) is -1.65. The van der Waals surface area contributed by atoms with Crippen molar-refractivity contribution < 1.29 is 27.5 Å². The molecule has 2 amide bonds. The first kappa shape index (κ1) is 41.0. The molecule has 2 aromatic heterocycles. The average molecular weight is 845 g/mol. The van der Waals surface area contributed by atoms with Crippen molar-refractivity contribution in [3.63, 3.8) is 0 Å². The van der Waals surface area contributed by atoms with Gasteiger partial charge in [0.2, 0.25) is 11.8 Å². The fourth-order valence-electron chi connectivity index (χ4n) is 8.23.